The number of alkyl halides is 2. The highest BCUT2D eigenvalue weighted by atomic mass is 19.3. The molecule has 4 nitrogen and oxygen atoms in total. The SMILES string of the molecule is CC(C)[C@@H](C(=O)O)N1CCC(F)(F)[C@@H]1c1ccccn1. The molecule has 1 aromatic heterocycles. The van der Waals surface area contributed by atoms with Crippen LogP contribution in [0.15, 0.2) is 24.4 Å². The number of aliphatic carboxylic acids is 1. The summed E-state index contributed by atoms with van der Waals surface area (Å²) in [5.74, 6) is -4.29. The minimum Gasteiger partial charge on any atom is -0.480 e. The second-order valence-corrected chi connectivity index (χ2v) is 5.43. The molecule has 2 atom stereocenters. The van der Waals surface area contributed by atoms with Crippen molar-refractivity contribution in [1.29, 1.82) is 0 Å². The van der Waals surface area contributed by atoms with Gasteiger partial charge in [0.1, 0.15) is 12.1 Å². The molecule has 110 valence electrons. The van der Waals surface area contributed by atoms with Crippen molar-refractivity contribution in [1.82, 2.24) is 9.88 Å². The lowest BCUT2D eigenvalue weighted by molar-refractivity contribution is -0.147. The van der Waals surface area contributed by atoms with Crippen molar-refractivity contribution in [2.75, 3.05) is 6.54 Å². The zero-order valence-corrected chi connectivity index (χ0v) is 11.5. The number of carbonyl (C=O) groups is 1. The van der Waals surface area contributed by atoms with E-state index in [-0.39, 0.29) is 24.6 Å². The number of rotatable bonds is 4. The number of likely N-dealkylation sites (tertiary alicyclic amines) is 1. The van der Waals surface area contributed by atoms with Crippen LogP contribution in [0.5, 0.6) is 0 Å². The predicted octanol–water partition coefficient (Wildman–Crippen LogP) is 2.57. The first-order valence-electron chi connectivity index (χ1n) is 6.62. The number of halogens is 2. The lowest BCUT2D eigenvalue weighted by atomic mass is 9.99. The van der Waals surface area contributed by atoms with Gasteiger partial charge in [0, 0.05) is 19.2 Å². The summed E-state index contributed by atoms with van der Waals surface area (Å²) in [6, 6.07) is 2.61. The van der Waals surface area contributed by atoms with Crippen molar-refractivity contribution in [3.8, 4) is 0 Å². The number of carboxylic acids is 1. The minimum absolute atomic E-state index is 0.0589. The molecule has 6 heteroatoms. The maximum Gasteiger partial charge on any atom is 0.321 e. The van der Waals surface area contributed by atoms with Crippen LogP contribution in [-0.4, -0.2) is 39.5 Å². The predicted molar refractivity (Wildman–Crippen MR) is 69.5 cm³/mol. The van der Waals surface area contributed by atoms with Crippen LogP contribution in [0.1, 0.15) is 32.0 Å². The maximum atomic E-state index is 14.2. The van der Waals surface area contributed by atoms with Crippen molar-refractivity contribution in [2.45, 2.75) is 38.3 Å². The zero-order valence-electron chi connectivity index (χ0n) is 11.5. The van der Waals surface area contributed by atoms with Gasteiger partial charge in [0.05, 0.1) is 5.69 Å². The van der Waals surface area contributed by atoms with Crippen LogP contribution in [0.4, 0.5) is 8.78 Å². The van der Waals surface area contributed by atoms with Crippen molar-refractivity contribution in [3.05, 3.63) is 30.1 Å². The van der Waals surface area contributed by atoms with E-state index in [9.17, 15) is 18.7 Å². The minimum atomic E-state index is -2.96. The van der Waals surface area contributed by atoms with Gasteiger partial charge < -0.3 is 5.11 Å². The molecule has 1 aromatic rings. The Balaban J connectivity index is 2.40. The molecule has 1 aliphatic rings. The van der Waals surface area contributed by atoms with E-state index in [1.54, 1.807) is 26.0 Å². The van der Waals surface area contributed by atoms with E-state index in [0.717, 1.165) is 0 Å². The smallest absolute Gasteiger partial charge is 0.321 e. The molecule has 1 aliphatic heterocycles. The second-order valence-electron chi connectivity index (χ2n) is 5.43. The fraction of sp³-hybridized carbons (Fsp3) is 0.571. The van der Waals surface area contributed by atoms with Gasteiger partial charge in [0.25, 0.3) is 5.92 Å². The summed E-state index contributed by atoms with van der Waals surface area (Å²) in [7, 11) is 0. The summed E-state index contributed by atoms with van der Waals surface area (Å²) in [6.45, 7) is 3.51. The van der Waals surface area contributed by atoms with Gasteiger partial charge in [-0.2, -0.15) is 0 Å². The Morgan fingerprint density at radius 1 is 1.50 bits per heavy atom. The number of nitrogens with zero attached hydrogens (tertiary/aromatic N) is 2. The highest BCUT2D eigenvalue weighted by Gasteiger charge is 2.53. The molecule has 1 N–H and O–H groups in total. The molecule has 1 saturated heterocycles. The van der Waals surface area contributed by atoms with E-state index in [0.29, 0.717) is 0 Å². The van der Waals surface area contributed by atoms with Crippen LogP contribution in [-0.2, 0) is 4.79 Å². The summed E-state index contributed by atoms with van der Waals surface area (Å²) >= 11 is 0. The van der Waals surface area contributed by atoms with E-state index in [1.807, 2.05) is 0 Å². The van der Waals surface area contributed by atoms with Crippen LogP contribution < -0.4 is 0 Å². The molecule has 1 fully saturated rings. The quantitative estimate of drug-likeness (QED) is 0.923. The molecular formula is C14H18F2N2O2. The summed E-state index contributed by atoms with van der Waals surface area (Å²) in [4.78, 5) is 16.8. The monoisotopic (exact) mass is 284 g/mol. The summed E-state index contributed by atoms with van der Waals surface area (Å²) in [5.41, 5.74) is 0.224. The fourth-order valence-electron chi connectivity index (χ4n) is 2.82. The Morgan fingerprint density at radius 2 is 2.20 bits per heavy atom. The van der Waals surface area contributed by atoms with Gasteiger partial charge in [-0.25, -0.2) is 8.78 Å². The first-order valence-corrected chi connectivity index (χ1v) is 6.62. The lowest BCUT2D eigenvalue weighted by Gasteiger charge is -2.33. The molecule has 0 aromatic carbocycles. The highest BCUT2D eigenvalue weighted by molar-refractivity contribution is 5.74. The third-order valence-electron chi connectivity index (χ3n) is 3.64. The van der Waals surface area contributed by atoms with E-state index in [2.05, 4.69) is 4.98 Å². The highest BCUT2D eigenvalue weighted by Crippen LogP contribution is 2.45. The number of hydrogen-bond acceptors (Lipinski definition) is 3. The molecule has 0 radical (unpaired) electrons. The first-order chi connectivity index (χ1) is 9.34. The topological polar surface area (TPSA) is 53.4 Å². The molecule has 0 unspecified atom stereocenters. The molecule has 2 heterocycles. The van der Waals surface area contributed by atoms with Crippen LogP contribution in [0.25, 0.3) is 0 Å². The van der Waals surface area contributed by atoms with Gasteiger partial charge in [-0.1, -0.05) is 19.9 Å². The number of pyridine rings is 1. The standard InChI is InChI=1S/C14H18F2N2O2/c1-9(2)11(13(19)20)18-8-6-14(15,16)12(18)10-5-3-4-7-17-10/h3-5,7,9,11-12H,6,8H2,1-2H3,(H,19,20)/t11-,12-/m0/s1. The van der Waals surface area contributed by atoms with E-state index in [4.69, 9.17) is 0 Å². The summed E-state index contributed by atoms with van der Waals surface area (Å²) in [6.07, 6.45) is 1.11. The van der Waals surface area contributed by atoms with Crippen molar-refractivity contribution in [3.63, 3.8) is 0 Å². The van der Waals surface area contributed by atoms with Gasteiger partial charge in [0.15, 0.2) is 0 Å². The number of carboxylic acid groups (broad SMARTS) is 1. The molecule has 0 aliphatic carbocycles. The number of hydrogen-bond donors (Lipinski definition) is 1. The van der Waals surface area contributed by atoms with Gasteiger partial charge >= 0.3 is 5.97 Å². The van der Waals surface area contributed by atoms with Crippen LogP contribution in [0.3, 0.4) is 0 Å². The van der Waals surface area contributed by atoms with E-state index < -0.39 is 24.0 Å². The summed E-state index contributed by atoms with van der Waals surface area (Å²) < 4.78 is 28.3. The van der Waals surface area contributed by atoms with Gasteiger partial charge in [-0.05, 0) is 18.1 Å². The van der Waals surface area contributed by atoms with E-state index in [1.165, 1.54) is 17.2 Å². The van der Waals surface area contributed by atoms with Crippen molar-refractivity contribution in [2.24, 2.45) is 5.92 Å². The Hall–Kier alpha value is -1.56. The largest absolute Gasteiger partial charge is 0.480 e. The maximum absolute atomic E-state index is 14.2. The first kappa shape index (κ1) is 14.8. The van der Waals surface area contributed by atoms with Crippen molar-refractivity contribution < 1.29 is 18.7 Å². The fourth-order valence-corrected chi connectivity index (χ4v) is 2.82. The Morgan fingerprint density at radius 3 is 2.70 bits per heavy atom. The molecule has 0 bridgehead atoms. The summed E-state index contributed by atoms with van der Waals surface area (Å²) in [5, 5.41) is 9.33. The van der Waals surface area contributed by atoms with Gasteiger partial charge in [-0.3, -0.25) is 14.7 Å². The van der Waals surface area contributed by atoms with Crippen LogP contribution >= 0.6 is 0 Å². The van der Waals surface area contributed by atoms with E-state index >= 15 is 0 Å². The average molecular weight is 284 g/mol. The molecule has 0 amide bonds. The molecule has 0 saturated carbocycles. The third kappa shape index (κ3) is 2.65. The normalized spacial score (nSPS) is 23.9. The molecule has 0 spiro atoms. The Labute approximate surface area is 116 Å². The van der Waals surface area contributed by atoms with Crippen LogP contribution in [0.2, 0.25) is 0 Å². The van der Waals surface area contributed by atoms with Gasteiger partial charge in [0.2, 0.25) is 0 Å². The Kier molecular flexibility index (Phi) is 4.04. The zero-order chi connectivity index (χ0) is 14.9. The second kappa shape index (κ2) is 5.44. The molecule has 2 rings (SSSR count). The molecular weight excluding hydrogens is 266 g/mol. The van der Waals surface area contributed by atoms with Gasteiger partial charge in [-0.15, -0.1) is 0 Å². The Bertz CT molecular complexity index is 479. The average Bonchev–Trinajstić information content (AvgIpc) is 2.65. The third-order valence-corrected chi connectivity index (χ3v) is 3.64. The molecule has 20 heavy (non-hydrogen) atoms. The van der Waals surface area contributed by atoms with Crippen LogP contribution in [0, 0.1) is 5.92 Å². The van der Waals surface area contributed by atoms with Crippen molar-refractivity contribution >= 4 is 5.97 Å². The lowest BCUT2D eigenvalue weighted by Crippen LogP contribution is -2.46. The number of aromatic nitrogens is 1.